The molecule has 0 aliphatic carbocycles. The predicted octanol–water partition coefficient (Wildman–Crippen LogP) is 3.12. The van der Waals surface area contributed by atoms with Gasteiger partial charge in [-0.3, -0.25) is 0 Å². The number of nitrogens with one attached hydrogen (secondary N) is 1. The fraction of sp³-hybridized carbons (Fsp3) is 0.714. The molecule has 0 radical (unpaired) electrons. The molecule has 1 unspecified atom stereocenters. The van der Waals surface area contributed by atoms with Gasteiger partial charge in [0, 0.05) is 18.7 Å². The smallest absolute Gasteiger partial charge is 0.106 e. The van der Waals surface area contributed by atoms with Crippen molar-refractivity contribution in [2.24, 2.45) is 0 Å². The van der Waals surface area contributed by atoms with E-state index in [9.17, 15) is 0 Å². The summed E-state index contributed by atoms with van der Waals surface area (Å²) >= 11 is 0. The summed E-state index contributed by atoms with van der Waals surface area (Å²) in [5.41, 5.74) is 1.18. The first kappa shape index (κ1) is 12.7. The average Bonchev–Trinajstić information content (AvgIpc) is 2.68. The van der Waals surface area contributed by atoms with Crippen LogP contribution < -0.4 is 5.32 Å². The molecule has 1 atom stereocenters. The maximum absolute atomic E-state index is 6.33. The largest absolute Gasteiger partial charge is 0.466 e. The van der Waals surface area contributed by atoms with Crippen LogP contribution >= 0.6 is 0 Å². The molecular formula is C14H23NO2. The Morgan fingerprint density at radius 3 is 2.59 bits per heavy atom. The summed E-state index contributed by atoms with van der Waals surface area (Å²) < 4.78 is 11.9. The lowest BCUT2D eigenvalue weighted by molar-refractivity contribution is -0.122. The van der Waals surface area contributed by atoms with Crippen molar-refractivity contribution < 1.29 is 9.15 Å². The van der Waals surface area contributed by atoms with Gasteiger partial charge >= 0.3 is 0 Å². The van der Waals surface area contributed by atoms with Gasteiger partial charge < -0.3 is 14.5 Å². The van der Waals surface area contributed by atoms with E-state index in [1.54, 1.807) is 0 Å². The number of hydrogen-bond donors (Lipinski definition) is 1. The first-order chi connectivity index (χ1) is 8.10. The van der Waals surface area contributed by atoms with Crippen molar-refractivity contribution in [3.05, 3.63) is 23.2 Å². The van der Waals surface area contributed by atoms with Crippen LogP contribution in [-0.4, -0.2) is 18.7 Å². The van der Waals surface area contributed by atoms with Crippen molar-refractivity contribution >= 4 is 0 Å². The van der Waals surface area contributed by atoms with Crippen LogP contribution in [0.25, 0.3) is 0 Å². The second-order valence-corrected chi connectivity index (χ2v) is 5.00. The van der Waals surface area contributed by atoms with Crippen LogP contribution in [-0.2, 0) is 4.74 Å². The van der Waals surface area contributed by atoms with Crippen molar-refractivity contribution in [1.82, 2.24) is 5.32 Å². The summed E-state index contributed by atoms with van der Waals surface area (Å²) in [5, 5.41) is 3.50. The zero-order valence-electron chi connectivity index (χ0n) is 11.3. The topological polar surface area (TPSA) is 34.4 Å². The van der Waals surface area contributed by atoms with Crippen molar-refractivity contribution in [2.75, 3.05) is 13.1 Å². The summed E-state index contributed by atoms with van der Waals surface area (Å²) in [6.45, 7) is 10.2. The molecule has 0 bridgehead atoms. The van der Waals surface area contributed by atoms with Crippen LogP contribution in [0.4, 0.5) is 0 Å². The van der Waals surface area contributed by atoms with Crippen LogP contribution in [0, 0.1) is 13.8 Å². The third-order valence-electron chi connectivity index (χ3n) is 3.88. The molecule has 0 aromatic carbocycles. The van der Waals surface area contributed by atoms with E-state index < -0.39 is 0 Å². The fourth-order valence-corrected chi connectivity index (χ4v) is 2.63. The summed E-state index contributed by atoms with van der Waals surface area (Å²) in [4.78, 5) is 0. The summed E-state index contributed by atoms with van der Waals surface area (Å²) in [6.07, 6.45) is 2.22. The van der Waals surface area contributed by atoms with Gasteiger partial charge in [0.25, 0.3) is 0 Å². The lowest BCUT2D eigenvalue weighted by Gasteiger charge is -2.40. The number of aryl methyl sites for hydroxylation is 2. The molecule has 0 saturated carbocycles. The van der Waals surface area contributed by atoms with Gasteiger partial charge in [0.2, 0.25) is 0 Å². The van der Waals surface area contributed by atoms with E-state index in [1.807, 2.05) is 13.8 Å². The molecule has 1 aromatic rings. The number of ether oxygens (including phenoxy) is 1. The van der Waals surface area contributed by atoms with Gasteiger partial charge in [0.1, 0.15) is 11.5 Å². The quantitative estimate of drug-likeness (QED) is 0.877. The van der Waals surface area contributed by atoms with Gasteiger partial charge in [-0.15, -0.1) is 0 Å². The van der Waals surface area contributed by atoms with E-state index in [1.165, 1.54) is 5.56 Å². The number of hydrogen-bond acceptors (Lipinski definition) is 3. The Kier molecular flexibility index (Phi) is 3.59. The highest BCUT2D eigenvalue weighted by Crippen LogP contribution is 2.34. The van der Waals surface area contributed by atoms with Crippen LogP contribution in [0.5, 0.6) is 0 Å². The van der Waals surface area contributed by atoms with Gasteiger partial charge in [0.15, 0.2) is 0 Å². The zero-order valence-corrected chi connectivity index (χ0v) is 11.3. The second kappa shape index (κ2) is 4.83. The summed E-state index contributed by atoms with van der Waals surface area (Å²) in [7, 11) is 0. The van der Waals surface area contributed by atoms with E-state index in [4.69, 9.17) is 9.15 Å². The van der Waals surface area contributed by atoms with Gasteiger partial charge in [-0.1, -0.05) is 13.8 Å². The first-order valence-electron chi connectivity index (χ1n) is 6.55. The Balaban J connectivity index is 2.20. The third-order valence-corrected chi connectivity index (χ3v) is 3.88. The predicted molar refractivity (Wildman–Crippen MR) is 68.2 cm³/mol. The molecule has 1 aliphatic heterocycles. The normalized spacial score (nSPS) is 23.9. The van der Waals surface area contributed by atoms with Crippen LogP contribution in [0.3, 0.4) is 0 Å². The highest BCUT2D eigenvalue weighted by atomic mass is 16.5. The fourth-order valence-electron chi connectivity index (χ4n) is 2.63. The van der Waals surface area contributed by atoms with E-state index in [0.29, 0.717) is 0 Å². The second-order valence-electron chi connectivity index (χ2n) is 5.00. The maximum atomic E-state index is 6.33. The molecule has 1 aliphatic rings. The first-order valence-corrected chi connectivity index (χ1v) is 6.55. The number of rotatable bonds is 3. The zero-order chi connectivity index (χ0) is 12.5. The highest BCUT2D eigenvalue weighted by molar-refractivity contribution is 5.24. The van der Waals surface area contributed by atoms with E-state index in [2.05, 4.69) is 25.2 Å². The Labute approximate surface area is 104 Å². The molecule has 17 heavy (non-hydrogen) atoms. The molecule has 0 spiro atoms. The van der Waals surface area contributed by atoms with Gasteiger partial charge in [-0.25, -0.2) is 0 Å². The third kappa shape index (κ3) is 2.40. The van der Waals surface area contributed by atoms with Crippen molar-refractivity contribution in [3.63, 3.8) is 0 Å². The van der Waals surface area contributed by atoms with Crippen LogP contribution in [0.1, 0.15) is 49.9 Å². The molecule has 3 heteroatoms. The molecular weight excluding hydrogens is 214 g/mol. The van der Waals surface area contributed by atoms with E-state index in [0.717, 1.165) is 37.5 Å². The average molecular weight is 237 g/mol. The minimum Gasteiger partial charge on any atom is -0.466 e. The molecule has 0 amide bonds. The Morgan fingerprint density at radius 1 is 1.35 bits per heavy atom. The minimum atomic E-state index is -0.0134. The van der Waals surface area contributed by atoms with E-state index in [-0.39, 0.29) is 11.7 Å². The van der Waals surface area contributed by atoms with Gasteiger partial charge in [0.05, 0.1) is 11.7 Å². The molecule has 3 nitrogen and oxygen atoms in total. The highest BCUT2D eigenvalue weighted by Gasteiger charge is 2.35. The van der Waals surface area contributed by atoms with Crippen LogP contribution in [0.15, 0.2) is 10.5 Å². The molecule has 1 saturated heterocycles. The maximum Gasteiger partial charge on any atom is 0.106 e. The Hall–Kier alpha value is -0.800. The lowest BCUT2D eigenvalue weighted by atomic mass is 9.94. The van der Waals surface area contributed by atoms with Crippen molar-refractivity contribution in [2.45, 2.75) is 52.2 Å². The number of furan rings is 1. The van der Waals surface area contributed by atoms with Gasteiger partial charge in [-0.2, -0.15) is 0 Å². The molecule has 1 N–H and O–H groups in total. The molecule has 2 rings (SSSR count). The van der Waals surface area contributed by atoms with Crippen molar-refractivity contribution in [1.29, 1.82) is 0 Å². The Morgan fingerprint density at radius 2 is 2.06 bits per heavy atom. The minimum absolute atomic E-state index is 0.0134. The standard InChI is InChI=1S/C14H23NO2/c1-5-14(6-2)9-15-8-13(17-14)12-7-10(3)16-11(12)4/h7,13,15H,5-6,8-9H2,1-4H3. The monoisotopic (exact) mass is 237 g/mol. The molecule has 2 heterocycles. The van der Waals surface area contributed by atoms with Gasteiger partial charge in [-0.05, 0) is 32.8 Å². The summed E-state index contributed by atoms with van der Waals surface area (Å²) in [6, 6.07) is 2.10. The van der Waals surface area contributed by atoms with Crippen LogP contribution in [0.2, 0.25) is 0 Å². The van der Waals surface area contributed by atoms with Crippen molar-refractivity contribution in [3.8, 4) is 0 Å². The SMILES string of the molecule is CCC1(CC)CNCC(c2cc(C)oc2C)O1. The molecule has 96 valence electrons. The number of morpholine rings is 1. The Bertz CT molecular complexity index is 380. The molecule has 1 fully saturated rings. The summed E-state index contributed by atoms with van der Waals surface area (Å²) in [5.74, 6) is 1.95. The van der Waals surface area contributed by atoms with E-state index >= 15 is 0 Å². The lowest BCUT2D eigenvalue weighted by Crippen LogP contribution is -2.50. The molecule has 1 aromatic heterocycles.